The fraction of sp³-hybridized carbons (Fsp3) is 0.464. The topological polar surface area (TPSA) is 74.2 Å². The molecule has 7 heteroatoms. The van der Waals surface area contributed by atoms with Crippen molar-refractivity contribution < 1.29 is 28.8 Å². The van der Waals surface area contributed by atoms with E-state index in [-0.39, 0.29) is 12.4 Å². The molecule has 1 N–H and O–H groups in total. The van der Waals surface area contributed by atoms with Gasteiger partial charge in [0.1, 0.15) is 5.75 Å². The summed E-state index contributed by atoms with van der Waals surface area (Å²) in [7, 11) is 0. The maximum absolute atomic E-state index is 11.4. The van der Waals surface area contributed by atoms with Crippen LogP contribution in [-0.4, -0.2) is 37.5 Å². The average molecular weight is 505 g/mol. The highest BCUT2D eigenvalue weighted by atomic mass is 35.5. The Morgan fingerprint density at radius 2 is 1.54 bits per heavy atom. The van der Waals surface area contributed by atoms with Crippen LogP contribution in [0, 0.1) is 0 Å². The molecule has 6 nitrogen and oxygen atoms in total. The highest BCUT2D eigenvalue weighted by Crippen LogP contribution is 2.31. The minimum Gasteiger partial charge on any atom is -0.492 e. The van der Waals surface area contributed by atoms with Gasteiger partial charge in [0.25, 0.3) is 0 Å². The van der Waals surface area contributed by atoms with Crippen LogP contribution in [0.25, 0.3) is 6.08 Å². The molecule has 0 bridgehead atoms. The Morgan fingerprint density at radius 1 is 0.857 bits per heavy atom. The van der Waals surface area contributed by atoms with Gasteiger partial charge in [-0.15, -0.1) is 0 Å². The van der Waals surface area contributed by atoms with Crippen molar-refractivity contribution in [2.24, 2.45) is 0 Å². The van der Waals surface area contributed by atoms with Crippen LogP contribution in [0.4, 0.5) is 0 Å². The Balaban J connectivity index is 2.05. The van der Waals surface area contributed by atoms with Crippen LogP contribution in [0.3, 0.4) is 0 Å². The van der Waals surface area contributed by atoms with E-state index in [1.54, 1.807) is 25.1 Å². The highest BCUT2D eigenvalue weighted by Gasteiger charge is 2.12. The summed E-state index contributed by atoms with van der Waals surface area (Å²) in [4.78, 5) is 11.4. The first-order valence-corrected chi connectivity index (χ1v) is 12.7. The SMILES string of the molecule is CCCCCOc1ccc(CCOc2ccc(/C=C(\OCC)C(=O)O)cc2OCCCC)cc1Cl. The van der Waals surface area contributed by atoms with E-state index in [0.29, 0.717) is 54.1 Å². The van der Waals surface area contributed by atoms with Gasteiger partial charge in [-0.05, 0) is 61.2 Å². The summed E-state index contributed by atoms with van der Waals surface area (Å²) >= 11 is 6.39. The lowest BCUT2D eigenvalue weighted by Gasteiger charge is -2.14. The molecule has 2 aromatic rings. The largest absolute Gasteiger partial charge is 0.492 e. The number of ether oxygens (including phenoxy) is 4. The van der Waals surface area contributed by atoms with Crippen molar-refractivity contribution in [1.82, 2.24) is 0 Å². The molecule has 0 saturated heterocycles. The molecule has 192 valence electrons. The predicted molar refractivity (Wildman–Crippen MR) is 140 cm³/mol. The lowest BCUT2D eigenvalue weighted by molar-refractivity contribution is -0.136. The van der Waals surface area contributed by atoms with E-state index >= 15 is 0 Å². The Hall–Kier alpha value is -2.86. The summed E-state index contributed by atoms with van der Waals surface area (Å²) in [6, 6.07) is 11.2. The van der Waals surface area contributed by atoms with Crippen LogP contribution in [0.2, 0.25) is 5.02 Å². The van der Waals surface area contributed by atoms with Crippen LogP contribution in [0.15, 0.2) is 42.2 Å². The van der Waals surface area contributed by atoms with E-state index in [0.717, 1.165) is 37.7 Å². The van der Waals surface area contributed by atoms with Crippen LogP contribution in [-0.2, 0) is 16.0 Å². The van der Waals surface area contributed by atoms with E-state index in [9.17, 15) is 9.90 Å². The molecule has 0 aliphatic rings. The normalized spacial score (nSPS) is 11.3. The van der Waals surface area contributed by atoms with Gasteiger partial charge in [0, 0.05) is 6.42 Å². The van der Waals surface area contributed by atoms with Crippen molar-refractivity contribution in [1.29, 1.82) is 0 Å². The van der Waals surface area contributed by atoms with E-state index in [1.807, 2.05) is 18.2 Å². The molecule has 2 aromatic carbocycles. The third kappa shape index (κ3) is 10.1. The second-order valence-corrected chi connectivity index (χ2v) is 8.48. The van der Waals surface area contributed by atoms with Crippen molar-refractivity contribution >= 4 is 23.6 Å². The second kappa shape index (κ2) is 15.9. The van der Waals surface area contributed by atoms with Gasteiger partial charge in [-0.1, -0.05) is 56.8 Å². The van der Waals surface area contributed by atoms with Gasteiger partial charge < -0.3 is 24.1 Å². The lowest BCUT2D eigenvalue weighted by atomic mass is 10.1. The summed E-state index contributed by atoms with van der Waals surface area (Å²) in [5.41, 5.74) is 1.71. The van der Waals surface area contributed by atoms with Crippen LogP contribution >= 0.6 is 11.6 Å². The number of hydrogen-bond donors (Lipinski definition) is 1. The maximum atomic E-state index is 11.4. The molecule has 0 spiro atoms. The number of carboxylic acid groups (broad SMARTS) is 1. The van der Waals surface area contributed by atoms with Crippen molar-refractivity contribution in [3.63, 3.8) is 0 Å². The minimum absolute atomic E-state index is 0.115. The van der Waals surface area contributed by atoms with Gasteiger partial charge in [-0.25, -0.2) is 4.79 Å². The summed E-state index contributed by atoms with van der Waals surface area (Å²) in [6.45, 7) is 7.92. The Morgan fingerprint density at radius 3 is 2.23 bits per heavy atom. The summed E-state index contributed by atoms with van der Waals surface area (Å²) < 4.78 is 22.9. The van der Waals surface area contributed by atoms with E-state index in [2.05, 4.69) is 13.8 Å². The maximum Gasteiger partial charge on any atom is 0.371 e. The zero-order valence-corrected chi connectivity index (χ0v) is 21.7. The molecule has 35 heavy (non-hydrogen) atoms. The Kier molecular flexibility index (Phi) is 12.9. The van der Waals surface area contributed by atoms with Crippen molar-refractivity contribution in [2.45, 2.75) is 59.3 Å². The van der Waals surface area contributed by atoms with E-state index in [4.69, 9.17) is 30.5 Å². The highest BCUT2D eigenvalue weighted by molar-refractivity contribution is 6.32. The third-order valence-corrected chi connectivity index (χ3v) is 5.48. The fourth-order valence-corrected chi connectivity index (χ4v) is 3.53. The smallest absolute Gasteiger partial charge is 0.371 e. The zero-order chi connectivity index (χ0) is 25.5. The molecular formula is C28H37ClO6. The minimum atomic E-state index is -1.11. The number of carboxylic acids is 1. The first-order chi connectivity index (χ1) is 17.0. The molecule has 0 atom stereocenters. The van der Waals surface area contributed by atoms with Crippen LogP contribution < -0.4 is 14.2 Å². The summed E-state index contributed by atoms with van der Waals surface area (Å²) in [5, 5.41) is 9.92. The molecule has 0 aliphatic heterocycles. The van der Waals surface area contributed by atoms with Gasteiger partial charge >= 0.3 is 5.97 Å². The van der Waals surface area contributed by atoms with E-state index < -0.39 is 5.97 Å². The molecule has 0 unspecified atom stereocenters. The number of rotatable bonds is 17. The first kappa shape index (κ1) is 28.4. The van der Waals surface area contributed by atoms with E-state index in [1.165, 1.54) is 6.08 Å². The van der Waals surface area contributed by atoms with Crippen molar-refractivity contribution in [2.75, 3.05) is 26.4 Å². The number of unbranched alkanes of at least 4 members (excludes halogenated alkanes) is 3. The molecule has 0 radical (unpaired) electrons. The molecule has 0 aliphatic carbocycles. The third-order valence-electron chi connectivity index (χ3n) is 5.18. The quantitative estimate of drug-likeness (QED) is 0.140. The molecule has 0 heterocycles. The Bertz CT molecular complexity index is 956. The number of aliphatic carboxylic acids is 1. The first-order valence-electron chi connectivity index (χ1n) is 12.4. The van der Waals surface area contributed by atoms with Crippen molar-refractivity contribution in [3.05, 3.63) is 58.3 Å². The monoisotopic (exact) mass is 504 g/mol. The molecule has 0 fully saturated rings. The second-order valence-electron chi connectivity index (χ2n) is 8.07. The molecule has 0 aromatic heterocycles. The van der Waals surface area contributed by atoms with Gasteiger partial charge in [0.2, 0.25) is 5.76 Å². The molecule has 0 amide bonds. The standard InChI is InChI=1S/C28H37ClO6/c1-4-7-9-16-33-24-12-10-21(18-23(24)29)14-17-35-25-13-11-22(19-26(25)34-15-8-5-2)20-27(28(30)31)32-6-3/h10-13,18-20H,4-9,14-17H2,1-3H3,(H,30,31)/b27-20-. The fourth-order valence-electron chi connectivity index (χ4n) is 3.27. The Labute approximate surface area is 213 Å². The van der Waals surface area contributed by atoms with Gasteiger partial charge in [-0.2, -0.15) is 0 Å². The van der Waals surface area contributed by atoms with Crippen LogP contribution in [0.5, 0.6) is 17.2 Å². The summed E-state index contributed by atoms with van der Waals surface area (Å²) in [6.07, 6.45) is 7.37. The number of benzene rings is 2. The predicted octanol–water partition coefficient (Wildman–Crippen LogP) is 7.17. The molecule has 0 saturated carbocycles. The van der Waals surface area contributed by atoms with Crippen molar-refractivity contribution in [3.8, 4) is 17.2 Å². The average Bonchev–Trinajstić information content (AvgIpc) is 2.84. The zero-order valence-electron chi connectivity index (χ0n) is 21.0. The number of hydrogen-bond acceptors (Lipinski definition) is 5. The number of carbonyl (C=O) groups is 1. The van der Waals surface area contributed by atoms with Crippen LogP contribution in [0.1, 0.15) is 64.0 Å². The lowest BCUT2D eigenvalue weighted by Crippen LogP contribution is -2.06. The summed E-state index contributed by atoms with van der Waals surface area (Å²) in [5.74, 6) is 0.651. The molecular weight excluding hydrogens is 468 g/mol. The van der Waals surface area contributed by atoms with Gasteiger partial charge in [0.05, 0.1) is 31.5 Å². The molecule has 2 rings (SSSR count). The van der Waals surface area contributed by atoms with Gasteiger partial charge in [0.15, 0.2) is 11.5 Å². The van der Waals surface area contributed by atoms with Gasteiger partial charge in [-0.3, -0.25) is 0 Å². The number of halogens is 1.